The Hall–Kier alpha value is -0.830. The molecule has 0 amide bonds. The maximum atomic E-state index is 4.63. The van der Waals surface area contributed by atoms with Gasteiger partial charge in [0.25, 0.3) is 0 Å². The Balaban J connectivity index is 2.73. The molecule has 0 aliphatic heterocycles. The molecule has 1 heterocycles. The molecule has 0 fully saturated rings. The van der Waals surface area contributed by atoms with Crippen LogP contribution in [-0.2, 0) is 6.54 Å². The first-order valence-corrected chi connectivity index (χ1v) is 6.77. The van der Waals surface area contributed by atoms with Crippen molar-refractivity contribution in [3.05, 3.63) is 17.0 Å². The van der Waals surface area contributed by atoms with Crippen molar-refractivity contribution < 1.29 is 0 Å². The van der Waals surface area contributed by atoms with Gasteiger partial charge in [0.1, 0.15) is 0 Å². The molecule has 0 unspecified atom stereocenters. The number of hydrogen-bond acceptors (Lipinski definition) is 2. The van der Waals surface area contributed by atoms with Crippen molar-refractivity contribution in [3.63, 3.8) is 0 Å². The molecule has 3 nitrogen and oxygen atoms in total. The van der Waals surface area contributed by atoms with Crippen LogP contribution in [0.4, 0.5) is 0 Å². The molecule has 1 rings (SSSR count). The van der Waals surface area contributed by atoms with Crippen molar-refractivity contribution >= 4 is 0 Å². The van der Waals surface area contributed by atoms with Gasteiger partial charge in [-0.3, -0.25) is 4.68 Å². The zero-order valence-corrected chi connectivity index (χ0v) is 13.3. The number of aromatic nitrogens is 2. The van der Waals surface area contributed by atoms with E-state index in [1.807, 2.05) is 0 Å². The highest BCUT2D eigenvalue weighted by Crippen LogP contribution is 2.21. The molecular formula is C15H29N3. The summed E-state index contributed by atoms with van der Waals surface area (Å²) >= 11 is 0. The van der Waals surface area contributed by atoms with E-state index in [4.69, 9.17) is 0 Å². The molecule has 0 spiro atoms. The van der Waals surface area contributed by atoms with E-state index in [9.17, 15) is 0 Å². The zero-order valence-electron chi connectivity index (χ0n) is 13.3. The fraction of sp³-hybridized carbons (Fsp3) is 0.800. The maximum absolute atomic E-state index is 4.63. The van der Waals surface area contributed by atoms with E-state index in [1.165, 1.54) is 11.3 Å². The Morgan fingerprint density at radius 2 is 1.61 bits per heavy atom. The summed E-state index contributed by atoms with van der Waals surface area (Å²) in [5.74, 6) is 0. The van der Waals surface area contributed by atoms with Gasteiger partial charge in [0.2, 0.25) is 0 Å². The highest BCUT2D eigenvalue weighted by molar-refractivity contribution is 5.22. The van der Waals surface area contributed by atoms with Gasteiger partial charge < -0.3 is 5.32 Å². The number of hydrogen-bond donors (Lipinski definition) is 1. The smallest absolute Gasteiger partial charge is 0.0625 e. The van der Waals surface area contributed by atoms with Crippen LogP contribution in [0.15, 0.2) is 0 Å². The molecule has 0 aliphatic rings. The molecule has 0 aromatic carbocycles. The first kappa shape index (κ1) is 15.2. The molecule has 18 heavy (non-hydrogen) atoms. The van der Waals surface area contributed by atoms with Crippen LogP contribution in [0, 0.1) is 26.2 Å². The summed E-state index contributed by atoms with van der Waals surface area (Å²) in [6.45, 7) is 19.5. The SMILES string of the molecule is Cc1nn(CC(C)(C)CNC(C)(C)C)c(C)c1C. The molecule has 3 heteroatoms. The molecule has 0 atom stereocenters. The van der Waals surface area contributed by atoms with E-state index in [1.54, 1.807) is 0 Å². The molecule has 0 saturated heterocycles. The third-order valence-corrected chi connectivity index (χ3v) is 3.42. The van der Waals surface area contributed by atoms with E-state index in [-0.39, 0.29) is 11.0 Å². The highest BCUT2D eigenvalue weighted by Gasteiger charge is 2.23. The predicted octanol–water partition coefficient (Wildman–Crippen LogP) is 3.22. The first-order chi connectivity index (χ1) is 8.02. The van der Waals surface area contributed by atoms with Crippen molar-refractivity contribution in [3.8, 4) is 0 Å². The summed E-state index contributed by atoms with van der Waals surface area (Å²) in [7, 11) is 0. The Morgan fingerprint density at radius 1 is 1.06 bits per heavy atom. The second-order valence-electron chi connectivity index (χ2n) is 7.22. The molecule has 0 aliphatic carbocycles. The lowest BCUT2D eigenvalue weighted by Crippen LogP contribution is -2.43. The number of nitrogens with zero attached hydrogens (tertiary/aromatic N) is 2. The van der Waals surface area contributed by atoms with Crippen molar-refractivity contribution in [2.45, 2.75) is 67.5 Å². The van der Waals surface area contributed by atoms with Crippen LogP contribution in [0.2, 0.25) is 0 Å². The summed E-state index contributed by atoms with van der Waals surface area (Å²) in [5.41, 5.74) is 4.11. The fourth-order valence-electron chi connectivity index (χ4n) is 1.91. The van der Waals surface area contributed by atoms with Crippen LogP contribution in [0.5, 0.6) is 0 Å². The van der Waals surface area contributed by atoms with Gasteiger partial charge in [0.05, 0.1) is 5.69 Å². The Kier molecular flexibility index (Phi) is 4.26. The largest absolute Gasteiger partial charge is 0.311 e. The Morgan fingerprint density at radius 3 is 2.00 bits per heavy atom. The van der Waals surface area contributed by atoms with Gasteiger partial charge in [0, 0.05) is 24.3 Å². The molecule has 0 radical (unpaired) electrons. The van der Waals surface area contributed by atoms with Crippen LogP contribution in [-0.4, -0.2) is 21.9 Å². The summed E-state index contributed by atoms with van der Waals surface area (Å²) in [6, 6.07) is 0. The molecular weight excluding hydrogens is 222 g/mol. The summed E-state index contributed by atoms with van der Waals surface area (Å²) < 4.78 is 2.15. The standard InChI is InChI=1S/C15H29N3/c1-11-12(2)17-18(13(11)3)10-15(7,8)9-16-14(4,5)6/h16H,9-10H2,1-8H3. The quantitative estimate of drug-likeness (QED) is 0.890. The van der Waals surface area contributed by atoms with E-state index in [0.717, 1.165) is 18.8 Å². The van der Waals surface area contributed by atoms with Crippen molar-refractivity contribution in [2.24, 2.45) is 5.41 Å². The van der Waals surface area contributed by atoms with Crippen molar-refractivity contribution in [1.29, 1.82) is 0 Å². The van der Waals surface area contributed by atoms with E-state index < -0.39 is 0 Å². The minimum Gasteiger partial charge on any atom is -0.311 e. The summed E-state index contributed by atoms with van der Waals surface area (Å²) in [4.78, 5) is 0. The molecule has 1 aromatic heterocycles. The Bertz CT molecular complexity index is 408. The fourth-order valence-corrected chi connectivity index (χ4v) is 1.91. The monoisotopic (exact) mass is 251 g/mol. The van der Waals surface area contributed by atoms with E-state index >= 15 is 0 Å². The van der Waals surface area contributed by atoms with Gasteiger partial charge in [-0.2, -0.15) is 5.10 Å². The number of rotatable bonds is 4. The minimum absolute atomic E-state index is 0.169. The average molecular weight is 251 g/mol. The lowest BCUT2D eigenvalue weighted by atomic mass is 9.92. The van der Waals surface area contributed by atoms with Crippen LogP contribution in [0.3, 0.4) is 0 Å². The zero-order chi connectivity index (χ0) is 14.1. The highest BCUT2D eigenvalue weighted by atomic mass is 15.3. The van der Waals surface area contributed by atoms with E-state index in [2.05, 4.69) is 70.5 Å². The first-order valence-electron chi connectivity index (χ1n) is 6.77. The van der Waals surface area contributed by atoms with Gasteiger partial charge in [-0.15, -0.1) is 0 Å². The molecule has 1 aromatic rings. The van der Waals surface area contributed by atoms with Crippen LogP contribution < -0.4 is 5.32 Å². The lowest BCUT2D eigenvalue weighted by Gasteiger charge is -2.30. The van der Waals surface area contributed by atoms with Gasteiger partial charge in [-0.05, 0) is 52.5 Å². The Labute approximate surface area is 112 Å². The topological polar surface area (TPSA) is 29.9 Å². The predicted molar refractivity (Wildman–Crippen MR) is 78.0 cm³/mol. The van der Waals surface area contributed by atoms with Gasteiger partial charge >= 0.3 is 0 Å². The summed E-state index contributed by atoms with van der Waals surface area (Å²) in [6.07, 6.45) is 0. The van der Waals surface area contributed by atoms with Gasteiger partial charge in [-0.25, -0.2) is 0 Å². The van der Waals surface area contributed by atoms with Crippen LogP contribution in [0.1, 0.15) is 51.6 Å². The van der Waals surface area contributed by atoms with E-state index in [0.29, 0.717) is 0 Å². The maximum Gasteiger partial charge on any atom is 0.0625 e. The third kappa shape index (κ3) is 4.13. The van der Waals surface area contributed by atoms with Crippen LogP contribution in [0.25, 0.3) is 0 Å². The average Bonchev–Trinajstić information content (AvgIpc) is 2.42. The van der Waals surface area contributed by atoms with Crippen molar-refractivity contribution in [1.82, 2.24) is 15.1 Å². The normalized spacial score (nSPS) is 13.1. The third-order valence-electron chi connectivity index (χ3n) is 3.42. The van der Waals surface area contributed by atoms with Crippen molar-refractivity contribution in [2.75, 3.05) is 6.54 Å². The number of nitrogens with one attached hydrogen (secondary N) is 1. The molecule has 0 saturated carbocycles. The molecule has 1 N–H and O–H groups in total. The molecule has 0 bridgehead atoms. The summed E-state index contributed by atoms with van der Waals surface area (Å²) in [5, 5.41) is 8.21. The second-order valence-corrected chi connectivity index (χ2v) is 7.22. The number of aryl methyl sites for hydroxylation is 1. The minimum atomic E-state index is 0.169. The molecule has 104 valence electrons. The van der Waals surface area contributed by atoms with Crippen LogP contribution >= 0.6 is 0 Å². The van der Waals surface area contributed by atoms with Gasteiger partial charge in [0.15, 0.2) is 0 Å². The second kappa shape index (κ2) is 5.04. The van der Waals surface area contributed by atoms with Gasteiger partial charge in [-0.1, -0.05) is 13.8 Å². The lowest BCUT2D eigenvalue weighted by molar-refractivity contribution is 0.244.